The van der Waals surface area contributed by atoms with Crippen molar-refractivity contribution < 1.29 is 23.2 Å². The number of carbonyl (C=O) groups excluding carboxylic acids is 1. The molecule has 0 spiro atoms. The van der Waals surface area contributed by atoms with E-state index in [4.69, 9.17) is 14.0 Å². The number of nitrogens with zero attached hydrogens (tertiary/aromatic N) is 4. The van der Waals surface area contributed by atoms with Crippen LogP contribution < -0.4 is 20.1 Å². The van der Waals surface area contributed by atoms with Gasteiger partial charge in [0, 0.05) is 35.8 Å². The molecule has 0 fully saturated rings. The number of benzene rings is 2. The van der Waals surface area contributed by atoms with Crippen LogP contribution >= 0.6 is 0 Å². The quantitative estimate of drug-likeness (QED) is 0.246. The van der Waals surface area contributed by atoms with Gasteiger partial charge in [0.05, 0.1) is 17.5 Å². The smallest absolute Gasteiger partial charge is 0.324 e. The maximum absolute atomic E-state index is 14.9. The molecule has 0 bridgehead atoms. The summed E-state index contributed by atoms with van der Waals surface area (Å²) in [6.07, 6.45) is 2.25. The summed E-state index contributed by atoms with van der Waals surface area (Å²) in [6.45, 7) is 9.34. The summed E-state index contributed by atoms with van der Waals surface area (Å²) < 4.78 is 31.9. The first-order chi connectivity index (χ1) is 18.5. The maximum atomic E-state index is 14.9. The van der Waals surface area contributed by atoms with Crippen molar-refractivity contribution >= 4 is 28.4 Å². The number of carbonyl (C=O) groups is 1. The van der Waals surface area contributed by atoms with Crippen LogP contribution in [0.3, 0.4) is 0 Å². The monoisotopic (exact) mass is 536 g/mol. The Hall–Kier alpha value is -4.25. The number of hydrogen-bond acceptors (Lipinski definition) is 8. The predicted octanol–water partition coefficient (Wildman–Crippen LogP) is 6.13. The van der Waals surface area contributed by atoms with Crippen molar-refractivity contribution in [3.63, 3.8) is 0 Å². The lowest BCUT2D eigenvalue weighted by Crippen LogP contribution is -2.19. The van der Waals surface area contributed by atoms with Crippen LogP contribution in [0.1, 0.15) is 38.5 Å². The third kappa shape index (κ3) is 7.20. The minimum absolute atomic E-state index is 0.0473. The minimum atomic E-state index is -0.673. The van der Waals surface area contributed by atoms with Gasteiger partial charge in [-0.05, 0) is 51.2 Å². The van der Waals surface area contributed by atoms with Gasteiger partial charge in [-0.25, -0.2) is 19.2 Å². The lowest BCUT2D eigenvalue weighted by atomic mass is 9.93. The Kier molecular flexibility index (Phi) is 8.29. The molecular formula is C28H33FN6O4. The molecule has 4 rings (SSSR count). The molecule has 0 radical (unpaired) electrons. The second-order valence-corrected chi connectivity index (χ2v) is 10.5. The number of aromatic nitrogens is 3. The normalized spacial score (nSPS) is 11.6. The molecule has 2 heterocycles. The van der Waals surface area contributed by atoms with Crippen molar-refractivity contribution in [1.82, 2.24) is 20.0 Å². The van der Waals surface area contributed by atoms with Crippen molar-refractivity contribution in [1.29, 1.82) is 0 Å². The van der Waals surface area contributed by atoms with Crippen LogP contribution in [-0.2, 0) is 5.41 Å². The Morgan fingerprint density at radius 1 is 1.08 bits per heavy atom. The summed E-state index contributed by atoms with van der Waals surface area (Å²) in [5, 5.41) is 9.61. The second-order valence-electron chi connectivity index (χ2n) is 10.5. The molecule has 0 aliphatic carbocycles. The van der Waals surface area contributed by atoms with E-state index in [-0.39, 0.29) is 28.5 Å². The van der Waals surface area contributed by atoms with E-state index in [1.807, 2.05) is 53.9 Å². The Balaban J connectivity index is 1.43. The number of anilines is 2. The highest BCUT2D eigenvalue weighted by molar-refractivity contribution is 5.99. The molecule has 2 aromatic heterocycles. The number of fused-ring (bicyclic) bond motifs is 1. The lowest BCUT2D eigenvalue weighted by molar-refractivity contribution is 0.262. The number of amides is 2. The summed E-state index contributed by atoms with van der Waals surface area (Å²) in [6, 6.07) is 8.85. The summed E-state index contributed by atoms with van der Waals surface area (Å²) in [7, 11) is 4.04. The third-order valence-electron chi connectivity index (χ3n) is 5.79. The molecule has 0 unspecified atom stereocenters. The first-order valence-corrected chi connectivity index (χ1v) is 12.5. The second kappa shape index (κ2) is 11.6. The first kappa shape index (κ1) is 27.8. The van der Waals surface area contributed by atoms with E-state index in [2.05, 4.69) is 30.7 Å². The molecule has 39 heavy (non-hydrogen) atoms. The molecule has 2 amide bonds. The fraction of sp³-hybridized carbons (Fsp3) is 0.357. The molecule has 0 saturated heterocycles. The van der Waals surface area contributed by atoms with Gasteiger partial charge >= 0.3 is 6.03 Å². The summed E-state index contributed by atoms with van der Waals surface area (Å²) in [5.41, 5.74) is 1.49. The number of aryl methyl sites for hydroxylation is 1. The number of ether oxygens (including phenoxy) is 2. The van der Waals surface area contributed by atoms with Gasteiger partial charge in [0.25, 0.3) is 0 Å². The minimum Gasteiger partial charge on any atom is -0.493 e. The highest BCUT2D eigenvalue weighted by Gasteiger charge is 2.20. The van der Waals surface area contributed by atoms with Gasteiger partial charge in [-0.1, -0.05) is 25.9 Å². The van der Waals surface area contributed by atoms with Crippen molar-refractivity contribution in [3.05, 3.63) is 59.9 Å². The fourth-order valence-electron chi connectivity index (χ4n) is 3.70. The van der Waals surface area contributed by atoms with E-state index in [0.29, 0.717) is 23.3 Å². The highest BCUT2D eigenvalue weighted by atomic mass is 19.1. The van der Waals surface area contributed by atoms with Crippen LogP contribution in [0.4, 0.5) is 20.7 Å². The zero-order valence-corrected chi connectivity index (χ0v) is 23.0. The number of halogens is 1. The molecule has 0 saturated carbocycles. The van der Waals surface area contributed by atoms with Gasteiger partial charge in [-0.15, -0.1) is 0 Å². The topological polar surface area (TPSA) is 115 Å². The van der Waals surface area contributed by atoms with E-state index in [9.17, 15) is 9.18 Å². The largest absolute Gasteiger partial charge is 0.493 e. The number of nitrogens with one attached hydrogen (secondary N) is 2. The van der Waals surface area contributed by atoms with E-state index in [1.165, 1.54) is 18.5 Å². The maximum Gasteiger partial charge on any atom is 0.324 e. The molecule has 4 aromatic rings. The molecule has 0 atom stereocenters. The van der Waals surface area contributed by atoms with E-state index < -0.39 is 11.8 Å². The molecule has 0 aliphatic rings. The van der Waals surface area contributed by atoms with Gasteiger partial charge in [0.1, 0.15) is 17.8 Å². The van der Waals surface area contributed by atoms with Crippen LogP contribution in [-0.4, -0.2) is 53.3 Å². The lowest BCUT2D eigenvalue weighted by Gasteiger charge is -2.14. The summed E-state index contributed by atoms with van der Waals surface area (Å²) in [4.78, 5) is 23.0. The third-order valence-corrected chi connectivity index (χ3v) is 5.79. The van der Waals surface area contributed by atoms with Crippen molar-refractivity contribution in [2.45, 2.75) is 39.5 Å². The first-order valence-electron chi connectivity index (χ1n) is 12.5. The standard InChI is InChI=1S/C28H33FN6O4/c1-17-12-19-21(14-23(17)37-11-7-10-35(5)6)30-16-31-26(19)38-22-9-8-18(13-20(22)29)32-27(36)33-25-15-24(39-34-25)28(2,3)4/h8-9,12-16H,7,10-11H2,1-6H3,(H2,32,33,34,36). The number of hydrogen-bond donors (Lipinski definition) is 2. The average Bonchev–Trinajstić information content (AvgIpc) is 3.33. The van der Waals surface area contributed by atoms with Crippen molar-refractivity contribution in [2.24, 2.45) is 0 Å². The van der Waals surface area contributed by atoms with E-state index >= 15 is 0 Å². The molecular weight excluding hydrogens is 503 g/mol. The van der Waals surface area contributed by atoms with Crippen LogP contribution in [0.25, 0.3) is 10.9 Å². The van der Waals surface area contributed by atoms with Gasteiger partial charge in [-0.3, -0.25) is 5.32 Å². The SMILES string of the molecule is Cc1cc2c(Oc3ccc(NC(=O)Nc4cc(C(C)(C)C)on4)cc3F)ncnc2cc1OCCCN(C)C. The summed E-state index contributed by atoms with van der Waals surface area (Å²) >= 11 is 0. The van der Waals surface area contributed by atoms with Crippen molar-refractivity contribution in [3.8, 4) is 17.4 Å². The Morgan fingerprint density at radius 3 is 2.56 bits per heavy atom. The van der Waals surface area contributed by atoms with Crippen LogP contribution in [0.2, 0.25) is 0 Å². The molecule has 11 heteroatoms. The average molecular weight is 537 g/mol. The van der Waals surface area contributed by atoms with Gasteiger partial charge in [-0.2, -0.15) is 0 Å². The Bertz CT molecular complexity index is 1460. The molecule has 2 N–H and O–H groups in total. The fourth-order valence-corrected chi connectivity index (χ4v) is 3.70. The number of rotatable bonds is 9. The van der Waals surface area contributed by atoms with E-state index in [1.54, 1.807) is 6.07 Å². The van der Waals surface area contributed by atoms with Crippen molar-refractivity contribution in [2.75, 3.05) is 37.9 Å². The Labute approximate surface area is 226 Å². The molecule has 2 aromatic carbocycles. The zero-order chi connectivity index (χ0) is 28.2. The van der Waals surface area contributed by atoms with Gasteiger partial charge < -0.3 is 24.2 Å². The van der Waals surface area contributed by atoms with Gasteiger partial charge in [0.15, 0.2) is 17.4 Å². The van der Waals surface area contributed by atoms with Gasteiger partial charge in [0.2, 0.25) is 5.88 Å². The van der Waals surface area contributed by atoms with Crippen LogP contribution in [0, 0.1) is 12.7 Å². The molecule has 0 aliphatic heterocycles. The molecule has 206 valence electrons. The Morgan fingerprint density at radius 2 is 1.87 bits per heavy atom. The molecule has 10 nitrogen and oxygen atoms in total. The summed E-state index contributed by atoms with van der Waals surface area (Å²) in [5.74, 6) is 1.10. The highest BCUT2D eigenvalue weighted by Crippen LogP contribution is 2.33. The zero-order valence-electron chi connectivity index (χ0n) is 23.0. The predicted molar refractivity (Wildman–Crippen MR) is 147 cm³/mol. The van der Waals surface area contributed by atoms with E-state index in [0.717, 1.165) is 30.3 Å². The van der Waals surface area contributed by atoms with Crippen LogP contribution in [0.15, 0.2) is 47.2 Å². The number of urea groups is 1. The van der Waals surface area contributed by atoms with Crippen LogP contribution in [0.5, 0.6) is 17.4 Å².